The molecule has 2 saturated heterocycles. The minimum atomic E-state index is -0.303. The maximum absolute atomic E-state index is 11.5. The Morgan fingerprint density at radius 1 is 1.14 bits per heavy atom. The van der Waals surface area contributed by atoms with Gasteiger partial charge < -0.3 is 28.4 Å². The van der Waals surface area contributed by atoms with Crippen LogP contribution in [0.3, 0.4) is 0 Å². The van der Waals surface area contributed by atoms with Gasteiger partial charge in [0, 0.05) is 44.4 Å². The molecule has 7 unspecified atom stereocenters. The van der Waals surface area contributed by atoms with Crippen molar-refractivity contribution in [1.29, 1.82) is 0 Å². The highest BCUT2D eigenvalue weighted by Gasteiger charge is 2.48. The third kappa shape index (κ3) is 6.14. The summed E-state index contributed by atoms with van der Waals surface area (Å²) in [5.74, 6) is 0.389. The monoisotopic (exact) mass is 478 g/mol. The summed E-state index contributed by atoms with van der Waals surface area (Å²) in [6.45, 7) is 0.760. The second kappa shape index (κ2) is 11.4. The zero-order valence-electron chi connectivity index (χ0n) is 17.7. The molecule has 0 bridgehead atoms. The largest absolute Gasteiger partial charge is 0.469 e. The van der Waals surface area contributed by atoms with Crippen LogP contribution in [-0.4, -0.2) is 69.6 Å². The predicted molar refractivity (Wildman–Crippen MR) is 110 cm³/mol. The molecular weight excluding hydrogens is 444 g/mol. The normalized spacial score (nSPS) is 36.0. The van der Waals surface area contributed by atoms with Gasteiger partial charge in [0.2, 0.25) is 0 Å². The fourth-order valence-electron chi connectivity index (χ4n) is 4.92. The lowest BCUT2D eigenvalue weighted by molar-refractivity contribution is -0.246. The van der Waals surface area contributed by atoms with Gasteiger partial charge in [-0.05, 0) is 44.4 Å². The highest BCUT2D eigenvalue weighted by Crippen LogP contribution is 2.45. The van der Waals surface area contributed by atoms with Crippen molar-refractivity contribution in [2.45, 2.75) is 87.1 Å². The van der Waals surface area contributed by atoms with Crippen molar-refractivity contribution in [3.8, 4) is 0 Å². The van der Waals surface area contributed by atoms with Crippen LogP contribution in [0.4, 0.5) is 0 Å². The fourth-order valence-corrected chi connectivity index (χ4v) is 5.49. The van der Waals surface area contributed by atoms with E-state index in [2.05, 4.69) is 15.9 Å². The molecule has 3 fully saturated rings. The van der Waals surface area contributed by atoms with Gasteiger partial charge in [-0.25, -0.2) is 0 Å². The molecular formula is C21H35BrO7. The Bertz CT molecular complexity index is 509. The molecule has 168 valence electrons. The zero-order chi connectivity index (χ0) is 20.8. The number of ether oxygens (including phenoxy) is 6. The van der Waals surface area contributed by atoms with Gasteiger partial charge in [0.05, 0.1) is 25.4 Å². The first-order chi connectivity index (χ1) is 14.0. The van der Waals surface area contributed by atoms with Crippen LogP contribution in [0.1, 0.15) is 51.4 Å². The van der Waals surface area contributed by atoms with Crippen molar-refractivity contribution in [2.24, 2.45) is 11.8 Å². The second-order valence-electron chi connectivity index (χ2n) is 8.29. The average Bonchev–Trinajstić information content (AvgIpc) is 3.16. The number of rotatable bonds is 9. The van der Waals surface area contributed by atoms with Crippen molar-refractivity contribution >= 4 is 21.9 Å². The maximum atomic E-state index is 11.5. The molecule has 8 heteroatoms. The van der Waals surface area contributed by atoms with Crippen molar-refractivity contribution in [3.05, 3.63) is 0 Å². The van der Waals surface area contributed by atoms with Gasteiger partial charge in [-0.1, -0.05) is 15.9 Å². The summed E-state index contributed by atoms with van der Waals surface area (Å²) in [6.07, 6.45) is 6.73. The van der Waals surface area contributed by atoms with Gasteiger partial charge in [0.25, 0.3) is 0 Å². The van der Waals surface area contributed by atoms with Crippen molar-refractivity contribution in [1.82, 2.24) is 0 Å². The van der Waals surface area contributed by atoms with E-state index in [0.29, 0.717) is 18.8 Å². The van der Waals surface area contributed by atoms with Gasteiger partial charge in [-0.2, -0.15) is 0 Å². The molecule has 2 heterocycles. The van der Waals surface area contributed by atoms with E-state index in [9.17, 15) is 4.79 Å². The molecule has 1 aliphatic carbocycles. The highest BCUT2D eigenvalue weighted by atomic mass is 79.9. The molecule has 3 aliphatic rings. The van der Waals surface area contributed by atoms with E-state index in [-0.39, 0.29) is 47.6 Å². The highest BCUT2D eigenvalue weighted by molar-refractivity contribution is 9.09. The Balaban J connectivity index is 1.61. The Morgan fingerprint density at radius 2 is 1.93 bits per heavy atom. The Kier molecular flexibility index (Phi) is 9.20. The summed E-state index contributed by atoms with van der Waals surface area (Å²) in [6, 6.07) is 0. The van der Waals surface area contributed by atoms with E-state index in [1.165, 1.54) is 7.11 Å². The molecule has 0 spiro atoms. The minimum absolute atomic E-state index is 0.0214. The van der Waals surface area contributed by atoms with Gasteiger partial charge in [-0.3, -0.25) is 4.79 Å². The minimum Gasteiger partial charge on any atom is -0.469 e. The molecule has 7 nitrogen and oxygen atoms in total. The average molecular weight is 479 g/mol. The molecule has 29 heavy (non-hydrogen) atoms. The van der Waals surface area contributed by atoms with Gasteiger partial charge in [0.15, 0.2) is 12.6 Å². The molecule has 2 aliphatic heterocycles. The van der Waals surface area contributed by atoms with Crippen molar-refractivity contribution in [2.75, 3.05) is 27.9 Å². The summed E-state index contributed by atoms with van der Waals surface area (Å²) >= 11 is 3.73. The number of halogens is 1. The lowest BCUT2D eigenvalue weighted by atomic mass is 9.76. The van der Waals surface area contributed by atoms with Crippen molar-refractivity contribution in [3.63, 3.8) is 0 Å². The van der Waals surface area contributed by atoms with Gasteiger partial charge in [-0.15, -0.1) is 0 Å². The van der Waals surface area contributed by atoms with Crippen LogP contribution < -0.4 is 0 Å². The topological polar surface area (TPSA) is 72.5 Å². The molecule has 0 aromatic carbocycles. The number of hydrogen-bond acceptors (Lipinski definition) is 7. The first kappa shape index (κ1) is 23.4. The summed E-state index contributed by atoms with van der Waals surface area (Å²) < 4.78 is 34.6. The van der Waals surface area contributed by atoms with Crippen LogP contribution in [0, 0.1) is 11.8 Å². The number of hydrogen-bond donors (Lipinski definition) is 0. The first-order valence-electron chi connectivity index (χ1n) is 10.7. The third-order valence-electron chi connectivity index (χ3n) is 6.46. The Labute approximate surface area is 182 Å². The van der Waals surface area contributed by atoms with E-state index < -0.39 is 0 Å². The number of methoxy groups -OCH3 is 3. The van der Waals surface area contributed by atoms with Crippen LogP contribution in [0.15, 0.2) is 0 Å². The van der Waals surface area contributed by atoms with E-state index in [4.69, 9.17) is 28.4 Å². The van der Waals surface area contributed by atoms with Crippen LogP contribution in [0.25, 0.3) is 0 Å². The smallest absolute Gasteiger partial charge is 0.305 e. The van der Waals surface area contributed by atoms with E-state index in [1.807, 2.05) is 0 Å². The summed E-state index contributed by atoms with van der Waals surface area (Å²) in [5, 5.41) is 0. The standard InChI is InChI=1S/C21H35BrO7/c1-24-19(23)8-7-15(22)18-11-13-10-14(21(25-2)26-3)17(12-16(13)28-18)29-20-6-4-5-9-27-20/h13-18,20-21H,4-12H2,1-3H3. The number of fused-ring (bicyclic) bond motifs is 1. The SMILES string of the molecule is COC(=O)CCC(Br)C1CC2CC(C(OC)OC)C(OC3CCCCO3)CC2O1. The first-order valence-corrected chi connectivity index (χ1v) is 11.7. The molecule has 0 aromatic heterocycles. The number of alkyl halides is 1. The number of esters is 1. The third-order valence-corrected chi connectivity index (χ3v) is 7.51. The van der Waals surface area contributed by atoms with Crippen LogP contribution in [-0.2, 0) is 33.2 Å². The van der Waals surface area contributed by atoms with Crippen LogP contribution >= 0.6 is 15.9 Å². The Hall–Kier alpha value is -0.250. The number of carbonyl (C=O) groups excluding carboxylic acids is 1. The molecule has 7 atom stereocenters. The second-order valence-corrected chi connectivity index (χ2v) is 9.46. The van der Waals surface area contributed by atoms with Gasteiger partial charge >= 0.3 is 5.97 Å². The van der Waals surface area contributed by atoms with E-state index in [1.54, 1.807) is 14.2 Å². The fraction of sp³-hybridized carbons (Fsp3) is 0.952. The summed E-state index contributed by atoms with van der Waals surface area (Å²) in [7, 11) is 4.79. The Morgan fingerprint density at radius 3 is 2.59 bits per heavy atom. The lowest BCUT2D eigenvalue weighted by Crippen LogP contribution is -2.46. The van der Waals surface area contributed by atoms with E-state index in [0.717, 1.165) is 45.1 Å². The molecule has 0 aromatic rings. The summed E-state index contributed by atoms with van der Waals surface area (Å²) in [5.41, 5.74) is 0. The molecule has 3 rings (SSSR count). The molecule has 0 amide bonds. The summed E-state index contributed by atoms with van der Waals surface area (Å²) in [4.78, 5) is 11.6. The van der Waals surface area contributed by atoms with Crippen molar-refractivity contribution < 1.29 is 33.2 Å². The maximum Gasteiger partial charge on any atom is 0.305 e. The quantitative estimate of drug-likeness (QED) is 0.285. The lowest BCUT2D eigenvalue weighted by Gasteiger charge is -2.42. The molecule has 0 radical (unpaired) electrons. The molecule has 1 saturated carbocycles. The predicted octanol–water partition coefficient (Wildman–Crippen LogP) is 3.42. The van der Waals surface area contributed by atoms with Gasteiger partial charge in [0.1, 0.15) is 0 Å². The van der Waals surface area contributed by atoms with Crippen LogP contribution in [0.2, 0.25) is 0 Å². The zero-order valence-corrected chi connectivity index (χ0v) is 19.3. The number of carbonyl (C=O) groups is 1. The van der Waals surface area contributed by atoms with Crippen LogP contribution in [0.5, 0.6) is 0 Å². The molecule has 0 N–H and O–H groups in total. The van der Waals surface area contributed by atoms with E-state index >= 15 is 0 Å².